The first-order chi connectivity index (χ1) is 16.6. The van der Waals surface area contributed by atoms with Crippen LogP contribution in [0.5, 0.6) is 6.01 Å². The zero-order chi connectivity index (χ0) is 23.4. The standard InChI is InChI=1S/C27H22F2N4O/c1-3-18-21(28)11-10-15-6-5-9-19(22(15)18)24-23(29)25-20(12-30-24)26(32-27(31-25)34-2)33-13-16-7-4-8-17(16)14-33/h1,5-6,9-12,16-17H,4,7-8,13-14H2,2H3. The average Bonchev–Trinajstić information content (AvgIpc) is 3.46. The van der Waals surface area contributed by atoms with Gasteiger partial charge in [0.1, 0.15) is 22.8 Å². The highest BCUT2D eigenvalue weighted by Gasteiger charge is 2.37. The van der Waals surface area contributed by atoms with Gasteiger partial charge in [0.2, 0.25) is 0 Å². The summed E-state index contributed by atoms with van der Waals surface area (Å²) >= 11 is 0. The van der Waals surface area contributed by atoms with E-state index in [0.717, 1.165) is 13.1 Å². The fourth-order valence-electron chi connectivity index (χ4n) is 5.64. The maximum absolute atomic E-state index is 16.1. The first-order valence-corrected chi connectivity index (χ1v) is 11.4. The Balaban J connectivity index is 1.56. The molecule has 2 atom stereocenters. The Labute approximate surface area is 195 Å². The highest BCUT2D eigenvalue weighted by atomic mass is 19.1. The van der Waals surface area contributed by atoms with Gasteiger partial charge in [-0.25, -0.2) is 8.78 Å². The van der Waals surface area contributed by atoms with Crippen molar-refractivity contribution in [2.45, 2.75) is 19.3 Å². The van der Waals surface area contributed by atoms with Gasteiger partial charge in [0.05, 0.1) is 18.1 Å². The lowest BCUT2D eigenvalue weighted by Gasteiger charge is -2.21. The van der Waals surface area contributed by atoms with E-state index in [-0.39, 0.29) is 22.8 Å². The number of rotatable bonds is 3. The van der Waals surface area contributed by atoms with E-state index in [1.165, 1.54) is 32.4 Å². The number of ether oxygens (including phenoxy) is 1. The third-order valence-electron chi connectivity index (χ3n) is 7.25. The Morgan fingerprint density at radius 1 is 1.09 bits per heavy atom. The lowest BCUT2D eigenvalue weighted by atomic mass is 9.96. The normalized spacial score (nSPS) is 19.5. The van der Waals surface area contributed by atoms with Crippen LogP contribution in [0, 0.1) is 35.8 Å². The molecule has 170 valence electrons. The number of anilines is 1. The molecule has 5 nitrogen and oxygen atoms in total. The molecule has 2 aliphatic rings. The molecule has 34 heavy (non-hydrogen) atoms. The zero-order valence-corrected chi connectivity index (χ0v) is 18.7. The van der Waals surface area contributed by atoms with Gasteiger partial charge in [0.25, 0.3) is 0 Å². The van der Waals surface area contributed by atoms with Gasteiger partial charge in [-0.3, -0.25) is 4.98 Å². The van der Waals surface area contributed by atoms with Crippen LogP contribution in [0.25, 0.3) is 32.9 Å². The molecule has 0 radical (unpaired) electrons. The van der Waals surface area contributed by atoms with Crippen molar-refractivity contribution in [3.05, 3.63) is 53.7 Å². The van der Waals surface area contributed by atoms with E-state index in [2.05, 4.69) is 25.8 Å². The van der Waals surface area contributed by atoms with Gasteiger partial charge >= 0.3 is 6.01 Å². The number of methoxy groups -OCH3 is 1. The third-order valence-corrected chi connectivity index (χ3v) is 7.25. The Morgan fingerprint density at radius 3 is 2.62 bits per heavy atom. The summed E-state index contributed by atoms with van der Waals surface area (Å²) in [5.41, 5.74) is 0.683. The van der Waals surface area contributed by atoms with Crippen molar-refractivity contribution < 1.29 is 13.5 Å². The second-order valence-electron chi connectivity index (χ2n) is 9.04. The zero-order valence-electron chi connectivity index (χ0n) is 18.7. The number of hydrogen-bond donors (Lipinski definition) is 0. The molecule has 2 unspecified atom stereocenters. The highest BCUT2D eigenvalue weighted by Crippen LogP contribution is 2.42. The molecule has 2 aromatic heterocycles. The number of aromatic nitrogens is 3. The van der Waals surface area contributed by atoms with Crippen LogP contribution in [0.3, 0.4) is 0 Å². The van der Waals surface area contributed by atoms with Crippen molar-refractivity contribution in [1.29, 1.82) is 0 Å². The van der Waals surface area contributed by atoms with Crippen molar-refractivity contribution in [1.82, 2.24) is 15.0 Å². The molecule has 1 saturated heterocycles. The van der Waals surface area contributed by atoms with Gasteiger partial charge in [-0.15, -0.1) is 6.42 Å². The minimum Gasteiger partial charge on any atom is -0.467 e. The first kappa shape index (κ1) is 20.8. The molecule has 0 spiro atoms. The quantitative estimate of drug-likeness (QED) is 0.389. The molecule has 2 aromatic carbocycles. The van der Waals surface area contributed by atoms with Crippen LogP contribution in [0.15, 0.2) is 36.5 Å². The van der Waals surface area contributed by atoms with Crippen LogP contribution in [0.4, 0.5) is 14.6 Å². The molecular formula is C27H22F2N4O. The summed E-state index contributed by atoms with van der Waals surface area (Å²) in [6, 6.07) is 8.33. The number of pyridine rings is 1. The molecule has 3 heterocycles. The van der Waals surface area contributed by atoms with Gasteiger partial charge in [0, 0.05) is 30.2 Å². The van der Waals surface area contributed by atoms with Gasteiger partial charge < -0.3 is 9.64 Å². The van der Waals surface area contributed by atoms with Crippen molar-refractivity contribution in [2.24, 2.45) is 11.8 Å². The minimum atomic E-state index is -0.612. The predicted octanol–water partition coefficient (Wildman–Crippen LogP) is 5.35. The lowest BCUT2D eigenvalue weighted by Crippen LogP contribution is -2.22. The summed E-state index contributed by atoms with van der Waals surface area (Å²) in [6.07, 6.45) is 10.9. The third kappa shape index (κ3) is 3.09. The van der Waals surface area contributed by atoms with Gasteiger partial charge in [-0.2, -0.15) is 9.97 Å². The van der Waals surface area contributed by atoms with Crippen molar-refractivity contribution in [2.75, 3.05) is 25.1 Å². The number of benzene rings is 2. The fraction of sp³-hybridized carbons (Fsp3) is 0.296. The number of nitrogens with zero attached hydrogens (tertiary/aromatic N) is 4. The fourth-order valence-corrected chi connectivity index (χ4v) is 5.64. The summed E-state index contributed by atoms with van der Waals surface area (Å²) in [4.78, 5) is 15.6. The number of hydrogen-bond acceptors (Lipinski definition) is 5. The minimum absolute atomic E-state index is 0.0604. The monoisotopic (exact) mass is 456 g/mol. The molecule has 0 bridgehead atoms. The molecule has 6 rings (SSSR count). The summed E-state index contributed by atoms with van der Waals surface area (Å²) in [7, 11) is 1.47. The maximum atomic E-state index is 16.1. The Kier molecular flexibility index (Phi) is 4.84. The summed E-state index contributed by atoms with van der Waals surface area (Å²) in [6.45, 7) is 1.77. The summed E-state index contributed by atoms with van der Waals surface area (Å²) in [5.74, 6) is 3.19. The second kappa shape index (κ2) is 7.91. The summed E-state index contributed by atoms with van der Waals surface area (Å²) < 4.78 is 35.9. The van der Waals surface area contributed by atoms with E-state index in [1.54, 1.807) is 24.4 Å². The van der Waals surface area contributed by atoms with E-state index < -0.39 is 11.6 Å². The largest absolute Gasteiger partial charge is 0.467 e. The van der Waals surface area contributed by atoms with Gasteiger partial charge in [0.15, 0.2) is 5.82 Å². The van der Waals surface area contributed by atoms with Crippen LogP contribution in [0.2, 0.25) is 0 Å². The number of halogens is 2. The molecule has 0 N–H and O–H groups in total. The van der Waals surface area contributed by atoms with Crippen molar-refractivity contribution in [3.8, 4) is 29.6 Å². The SMILES string of the molecule is C#Cc1c(F)ccc2cccc(-c3ncc4c(N5CC6CCCC6C5)nc(OC)nc4c3F)c12. The first-order valence-electron chi connectivity index (χ1n) is 11.4. The van der Waals surface area contributed by atoms with E-state index in [9.17, 15) is 4.39 Å². The van der Waals surface area contributed by atoms with Crippen LogP contribution in [-0.2, 0) is 0 Å². The van der Waals surface area contributed by atoms with Crippen LogP contribution in [0.1, 0.15) is 24.8 Å². The topological polar surface area (TPSA) is 51.1 Å². The van der Waals surface area contributed by atoms with Crippen LogP contribution in [-0.4, -0.2) is 35.2 Å². The van der Waals surface area contributed by atoms with Crippen LogP contribution < -0.4 is 9.64 Å². The Bertz CT molecular complexity index is 1480. The van der Waals surface area contributed by atoms with Crippen molar-refractivity contribution >= 4 is 27.5 Å². The van der Waals surface area contributed by atoms with E-state index >= 15 is 4.39 Å². The molecule has 0 amide bonds. The number of terminal acetylenes is 1. The molecule has 4 aromatic rings. The van der Waals surface area contributed by atoms with Crippen molar-refractivity contribution in [3.63, 3.8) is 0 Å². The lowest BCUT2D eigenvalue weighted by molar-refractivity contribution is 0.381. The molecule has 1 saturated carbocycles. The smallest absolute Gasteiger partial charge is 0.318 e. The maximum Gasteiger partial charge on any atom is 0.318 e. The predicted molar refractivity (Wildman–Crippen MR) is 128 cm³/mol. The molecule has 1 aliphatic carbocycles. The Hall–Kier alpha value is -3.79. The second-order valence-corrected chi connectivity index (χ2v) is 9.04. The molecule has 7 heteroatoms. The Morgan fingerprint density at radius 2 is 1.88 bits per heavy atom. The van der Waals surface area contributed by atoms with Gasteiger partial charge in [-0.1, -0.05) is 36.6 Å². The average molecular weight is 456 g/mol. The number of fused-ring (bicyclic) bond motifs is 3. The summed E-state index contributed by atoms with van der Waals surface area (Å²) in [5, 5.41) is 1.69. The van der Waals surface area contributed by atoms with E-state index in [4.69, 9.17) is 11.2 Å². The van der Waals surface area contributed by atoms with Gasteiger partial charge in [-0.05, 0) is 36.1 Å². The van der Waals surface area contributed by atoms with E-state index in [1.807, 2.05) is 6.07 Å². The molecular weight excluding hydrogens is 434 g/mol. The molecule has 1 aliphatic heterocycles. The van der Waals surface area contributed by atoms with Crippen LogP contribution >= 0.6 is 0 Å². The molecule has 2 fully saturated rings. The highest BCUT2D eigenvalue weighted by molar-refractivity contribution is 6.02. The van der Waals surface area contributed by atoms with E-state index in [0.29, 0.717) is 39.4 Å².